The highest BCUT2D eigenvalue weighted by Gasteiger charge is 2.32. The molecular formula is C16H30N2. The lowest BCUT2D eigenvalue weighted by atomic mass is 9.94. The average Bonchev–Trinajstić information content (AvgIpc) is 3.17. The first kappa shape index (κ1) is 12.9. The van der Waals surface area contributed by atoms with Gasteiger partial charge in [-0.15, -0.1) is 0 Å². The minimum Gasteiger partial charge on any atom is -0.311 e. The molecule has 3 aliphatic rings. The van der Waals surface area contributed by atoms with Crippen LogP contribution in [0.5, 0.6) is 0 Å². The molecule has 18 heavy (non-hydrogen) atoms. The molecule has 1 N–H and O–H groups in total. The fourth-order valence-electron chi connectivity index (χ4n) is 3.83. The fourth-order valence-corrected chi connectivity index (χ4v) is 3.83. The molecule has 0 aromatic rings. The van der Waals surface area contributed by atoms with Gasteiger partial charge in [0.1, 0.15) is 0 Å². The van der Waals surface area contributed by atoms with E-state index in [0.717, 1.165) is 18.1 Å². The van der Waals surface area contributed by atoms with E-state index in [4.69, 9.17) is 0 Å². The van der Waals surface area contributed by atoms with E-state index in [-0.39, 0.29) is 0 Å². The summed E-state index contributed by atoms with van der Waals surface area (Å²) >= 11 is 0. The molecule has 1 saturated heterocycles. The van der Waals surface area contributed by atoms with Crippen molar-refractivity contribution < 1.29 is 0 Å². The standard InChI is InChI=1S/C16H30N2/c1-2-4-6-14(7-5-3-1)17-15-10-12-18(13-11-15)16-8-9-16/h14-17H,1-13H2. The molecule has 2 aliphatic carbocycles. The third-order valence-corrected chi connectivity index (χ3v) is 5.17. The summed E-state index contributed by atoms with van der Waals surface area (Å²) in [6.07, 6.45) is 15.9. The van der Waals surface area contributed by atoms with Crippen LogP contribution in [0.3, 0.4) is 0 Å². The quantitative estimate of drug-likeness (QED) is 0.826. The van der Waals surface area contributed by atoms with Gasteiger partial charge in [0.2, 0.25) is 0 Å². The Morgan fingerprint density at radius 2 is 1.17 bits per heavy atom. The van der Waals surface area contributed by atoms with Gasteiger partial charge in [-0.1, -0.05) is 32.1 Å². The maximum absolute atomic E-state index is 3.98. The first-order valence-corrected chi connectivity index (χ1v) is 8.42. The Labute approximate surface area is 113 Å². The van der Waals surface area contributed by atoms with Gasteiger partial charge in [0.15, 0.2) is 0 Å². The van der Waals surface area contributed by atoms with Gasteiger partial charge in [-0.2, -0.15) is 0 Å². The molecule has 0 bridgehead atoms. The molecule has 3 rings (SSSR count). The maximum atomic E-state index is 3.98. The molecule has 1 aliphatic heterocycles. The molecular weight excluding hydrogens is 220 g/mol. The summed E-state index contributed by atoms with van der Waals surface area (Å²) in [6.45, 7) is 2.71. The van der Waals surface area contributed by atoms with Crippen LogP contribution in [0.4, 0.5) is 0 Å². The fraction of sp³-hybridized carbons (Fsp3) is 1.00. The lowest BCUT2D eigenvalue weighted by Crippen LogP contribution is -2.46. The van der Waals surface area contributed by atoms with E-state index < -0.39 is 0 Å². The Morgan fingerprint density at radius 3 is 1.78 bits per heavy atom. The topological polar surface area (TPSA) is 15.3 Å². The number of hydrogen-bond donors (Lipinski definition) is 1. The largest absolute Gasteiger partial charge is 0.311 e. The number of likely N-dealkylation sites (tertiary alicyclic amines) is 1. The summed E-state index contributed by atoms with van der Waals surface area (Å²) in [6, 6.07) is 2.64. The van der Waals surface area contributed by atoms with Crippen LogP contribution in [0, 0.1) is 0 Å². The molecule has 2 heteroatoms. The van der Waals surface area contributed by atoms with E-state index in [0.29, 0.717) is 0 Å². The van der Waals surface area contributed by atoms with Crippen molar-refractivity contribution in [2.75, 3.05) is 13.1 Å². The number of hydrogen-bond acceptors (Lipinski definition) is 2. The molecule has 2 nitrogen and oxygen atoms in total. The molecule has 1 heterocycles. The Morgan fingerprint density at radius 1 is 0.611 bits per heavy atom. The van der Waals surface area contributed by atoms with Gasteiger partial charge < -0.3 is 10.2 Å². The van der Waals surface area contributed by atoms with E-state index in [2.05, 4.69) is 10.2 Å². The Hall–Kier alpha value is -0.0800. The normalized spacial score (nSPS) is 30.0. The van der Waals surface area contributed by atoms with Crippen LogP contribution in [0.15, 0.2) is 0 Å². The smallest absolute Gasteiger partial charge is 0.00964 e. The van der Waals surface area contributed by atoms with Gasteiger partial charge in [0, 0.05) is 18.1 Å². The average molecular weight is 250 g/mol. The molecule has 0 atom stereocenters. The van der Waals surface area contributed by atoms with E-state index in [9.17, 15) is 0 Å². The second kappa shape index (κ2) is 6.38. The number of nitrogens with one attached hydrogen (secondary N) is 1. The SMILES string of the molecule is C1CCCC(NC2CCN(C3CC3)CC2)CCC1. The van der Waals surface area contributed by atoms with Crippen molar-refractivity contribution in [3.8, 4) is 0 Å². The Bertz CT molecular complexity index is 233. The molecule has 0 amide bonds. The van der Waals surface area contributed by atoms with Crippen LogP contribution >= 0.6 is 0 Å². The summed E-state index contributed by atoms with van der Waals surface area (Å²) in [7, 11) is 0. The molecule has 2 saturated carbocycles. The molecule has 104 valence electrons. The minimum absolute atomic E-state index is 0.824. The minimum atomic E-state index is 0.824. The van der Waals surface area contributed by atoms with E-state index in [1.54, 1.807) is 0 Å². The van der Waals surface area contributed by atoms with Crippen LogP contribution in [-0.2, 0) is 0 Å². The second-order valence-corrected chi connectivity index (χ2v) is 6.75. The maximum Gasteiger partial charge on any atom is 0.00964 e. The van der Waals surface area contributed by atoms with Crippen LogP contribution in [0.1, 0.15) is 70.6 Å². The monoisotopic (exact) mass is 250 g/mol. The van der Waals surface area contributed by atoms with Crippen molar-refractivity contribution in [1.82, 2.24) is 10.2 Å². The predicted octanol–water partition coefficient (Wildman–Crippen LogP) is 3.32. The van der Waals surface area contributed by atoms with Gasteiger partial charge in [-0.3, -0.25) is 0 Å². The first-order valence-electron chi connectivity index (χ1n) is 8.42. The summed E-state index contributed by atoms with van der Waals surface area (Å²) in [5, 5.41) is 3.98. The van der Waals surface area contributed by atoms with Gasteiger partial charge in [0.25, 0.3) is 0 Å². The lowest BCUT2D eigenvalue weighted by Gasteiger charge is -2.35. The van der Waals surface area contributed by atoms with Crippen LogP contribution < -0.4 is 5.32 Å². The van der Waals surface area contributed by atoms with Gasteiger partial charge in [0.05, 0.1) is 0 Å². The van der Waals surface area contributed by atoms with Crippen molar-refractivity contribution in [2.24, 2.45) is 0 Å². The van der Waals surface area contributed by atoms with Crippen LogP contribution in [-0.4, -0.2) is 36.1 Å². The molecule has 3 fully saturated rings. The number of piperidine rings is 1. The van der Waals surface area contributed by atoms with Crippen molar-refractivity contribution in [3.63, 3.8) is 0 Å². The van der Waals surface area contributed by atoms with Crippen molar-refractivity contribution in [1.29, 1.82) is 0 Å². The third kappa shape index (κ3) is 3.71. The summed E-state index contributed by atoms with van der Waals surface area (Å²) in [5.74, 6) is 0. The van der Waals surface area contributed by atoms with Crippen LogP contribution in [0.2, 0.25) is 0 Å². The molecule has 0 unspecified atom stereocenters. The third-order valence-electron chi connectivity index (χ3n) is 5.17. The molecule has 0 radical (unpaired) electrons. The van der Waals surface area contributed by atoms with Crippen molar-refractivity contribution >= 4 is 0 Å². The summed E-state index contributed by atoms with van der Waals surface area (Å²) < 4.78 is 0. The lowest BCUT2D eigenvalue weighted by molar-refractivity contribution is 0.178. The molecule has 0 spiro atoms. The Balaban J connectivity index is 1.39. The number of rotatable bonds is 3. The van der Waals surface area contributed by atoms with Crippen molar-refractivity contribution in [3.05, 3.63) is 0 Å². The predicted molar refractivity (Wildman–Crippen MR) is 76.9 cm³/mol. The summed E-state index contributed by atoms with van der Waals surface area (Å²) in [5.41, 5.74) is 0. The first-order chi connectivity index (χ1) is 8.92. The highest BCUT2D eigenvalue weighted by Crippen LogP contribution is 2.29. The van der Waals surface area contributed by atoms with Crippen LogP contribution in [0.25, 0.3) is 0 Å². The van der Waals surface area contributed by atoms with Crippen molar-refractivity contribution in [2.45, 2.75) is 88.8 Å². The molecule has 0 aromatic heterocycles. The van der Waals surface area contributed by atoms with E-state index in [1.165, 1.54) is 83.7 Å². The zero-order valence-corrected chi connectivity index (χ0v) is 11.9. The second-order valence-electron chi connectivity index (χ2n) is 6.75. The Kier molecular flexibility index (Phi) is 4.58. The highest BCUT2D eigenvalue weighted by molar-refractivity contribution is 4.89. The zero-order chi connectivity index (χ0) is 12.2. The van der Waals surface area contributed by atoms with E-state index >= 15 is 0 Å². The van der Waals surface area contributed by atoms with Gasteiger partial charge >= 0.3 is 0 Å². The van der Waals surface area contributed by atoms with Gasteiger partial charge in [-0.05, 0) is 51.6 Å². The zero-order valence-electron chi connectivity index (χ0n) is 11.9. The van der Waals surface area contributed by atoms with Gasteiger partial charge in [-0.25, -0.2) is 0 Å². The highest BCUT2D eigenvalue weighted by atomic mass is 15.2. The number of nitrogens with zero attached hydrogens (tertiary/aromatic N) is 1. The van der Waals surface area contributed by atoms with E-state index in [1.807, 2.05) is 0 Å². The molecule has 0 aromatic carbocycles. The summed E-state index contributed by atoms with van der Waals surface area (Å²) in [4.78, 5) is 2.73.